The van der Waals surface area contributed by atoms with Gasteiger partial charge in [0.25, 0.3) is 0 Å². The van der Waals surface area contributed by atoms with Gasteiger partial charge in [-0.15, -0.1) is 0 Å². The molecule has 0 atom stereocenters. The summed E-state index contributed by atoms with van der Waals surface area (Å²) in [6, 6.07) is 22.4. The highest BCUT2D eigenvalue weighted by Gasteiger charge is 2.23. The van der Waals surface area contributed by atoms with Crippen molar-refractivity contribution in [1.82, 2.24) is 4.98 Å². The molecule has 114 valence electrons. The lowest BCUT2D eigenvalue weighted by molar-refractivity contribution is 0.570. The summed E-state index contributed by atoms with van der Waals surface area (Å²) in [4.78, 5) is 4.48. The minimum atomic E-state index is -0.814. The first-order chi connectivity index (χ1) is 11.5. The van der Waals surface area contributed by atoms with E-state index in [1.165, 1.54) is 0 Å². The molecule has 0 bridgehead atoms. The highest BCUT2D eigenvalue weighted by Crippen LogP contribution is 2.29. The fourth-order valence-corrected chi connectivity index (χ4v) is 2.66. The van der Waals surface area contributed by atoms with Gasteiger partial charge in [0.15, 0.2) is 0 Å². The van der Waals surface area contributed by atoms with Crippen molar-refractivity contribution in [3.05, 3.63) is 78.5 Å². The molecule has 0 aliphatic rings. The molecule has 2 aromatic carbocycles. The highest BCUT2D eigenvalue weighted by molar-refractivity contribution is 6.40. The molecule has 3 rings (SSSR count). The maximum absolute atomic E-state index is 6.24. The first-order valence-electron chi connectivity index (χ1n) is 8.18. The molecule has 0 amide bonds. The Morgan fingerprint density at radius 1 is 0.792 bits per heavy atom. The van der Waals surface area contributed by atoms with Gasteiger partial charge < -0.3 is 0 Å². The van der Waals surface area contributed by atoms with Crippen molar-refractivity contribution in [2.45, 2.75) is 19.1 Å². The van der Waals surface area contributed by atoms with E-state index in [0.29, 0.717) is 0 Å². The molecule has 0 N–H and O–H groups in total. The van der Waals surface area contributed by atoms with Crippen molar-refractivity contribution in [3.8, 4) is 22.4 Å². The van der Waals surface area contributed by atoms with Crippen LogP contribution in [0.15, 0.2) is 72.9 Å². The number of hydrogen-bond donors (Lipinski definition) is 0. The molecule has 0 saturated carbocycles. The number of hydrogen-bond acceptors (Lipinski definition) is 1. The minimum absolute atomic E-state index is 0.161. The van der Waals surface area contributed by atoms with Crippen LogP contribution in [0, 0.1) is 5.92 Å². The van der Waals surface area contributed by atoms with Crippen molar-refractivity contribution in [2.75, 3.05) is 0 Å². The molecule has 0 saturated heterocycles. The van der Waals surface area contributed by atoms with Crippen LogP contribution in [0.4, 0.5) is 0 Å². The second-order valence-electron chi connectivity index (χ2n) is 6.46. The van der Waals surface area contributed by atoms with Crippen LogP contribution >= 0.6 is 0 Å². The van der Waals surface area contributed by atoms with E-state index in [1.807, 2.05) is 56.4 Å². The molecule has 24 heavy (non-hydrogen) atoms. The number of aromatic nitrogens is 1. The summed E-state index contributed by atoms with van der Waals surface area (Å²) in [6.45, 7) is 4.06. The Morgan fingerprint density at radius 3 is 2.08 bits per heavy atom. The Morgan fingerprint density at radius 2 is 1.46 bits per heavy atom. The smallest absolute Gasteiger partial charge is 0.0708 e. The van der Waals surface area contributed by atoms with E-state index >= 15 is 0 Å². The maximum Gasteiger partial charge on any atom is 0.0708 e. The fraction of sp³-hybridized carbons (Fsp3) is 0.190. The summed E-state index contributed by atoms with van der Waals surface area (Å²) in [6.07, 6.45) is 1.84. The number of pyridine rings is 1. The third-order valence-electron chi connectivity index (χ3n) is 4.50. The van der Waals surface area contributed by atoms with Gasteiger partial charge in [-0.25, -0.2) is 0 Å². The zero-order valence-electron chi connectivity index (χ0n) is 14.1. The Hall–Kier alpha value is -2.28. The summed E-state index contributed by atoms with van der Waals surface area (Å²) in [5.74, 6) is 0.161. The van der Waals surface area contributed by atoms with Crippen LogP contribution in [0.1, 0.15) is 19.4 Å². The van der Waals surface area contributed by atoms with Gasteiger partial charge in [0.1, 0.15) is 0 Å². The van der Waals surface area contributed by atoms with E-state index in [-0.39, 0.29) is 5.92 Å². The molecule has 4 radical (unpaired) electrons. The molecule has 3 heteroatoms. The largest absolute Gasteiger partial charge is 0.256 e. The second kappa shape index (κ2) is 6.68. The monoisotopic (exact) mass is 307 g/mol. The van der Waals surface area contributed by atoms with Gasteiger partial charge in [-0.3, -0.25) is 4.98 Å². The molecule has 3 aromatic rings. The molecular weight excluding hydrogens is 288 g/mol. The van der Waals surface area contributed by atoms with Crippen LogP contribution in [0.25, 0.3) is 22.4 Å². The van der Waals surface area contributed by atoms with Crippen LogP contribution in [0.3, 0.4) is 0 Å². The molecule has 0 fully saturated rings. The summed E-state index contributed by atoms with van der Waals surface area (Å²) in [7, 11) is 12.5. The lowest BCUT2D eigenvalue weighted by atomic mass is 9.46. The van der Waals surface area contributed by atoms with E-state index in [9.17, 15) is 0 Å². The minimum Gasteiger partial charge on any atom is -0.256 e. The molecule has 1 heterocycles. The van der Waals surface area contributed by atoms with Crippen LogP contribution in [0.2, 0.25) is 0 Å². The quantitative estimate of drug-likeness (QED) is 0.644. The third-order valence-corrected chi connectivity index (χ3v) is 4.50. The maximum atomic E-state index is 6.24. The SMILES string of the molecule is [B]C([B])(c1ccc(-c2ccnc(-c3ccccc3)c2)cc1)C(C)C. The normalized spacial score (nSPS) is 11.6. The molecule has 1 nitrogen and oxygen atoms in total. The molecule has 1 aromatic heterocycles. The lowest BCUT2D eigenvalue weighted by Gasteiger charge is -2.31. The number of rotatable bonds is 4. The first kappa shape index (κ1) is 16.6. The Bertz CT molecular complexity index is 809. The average Bonchev–Trinajstić information content (AvgIpc) is 2.62. The number of benzene rings is 2. The van der Waals surface area contributed by atoms with Gasteiger partial charge in [0, 0.05) is 11.8 Å². The van der Waals surface area contributed by atoms with Gasteiger partial charge in [0.2, 0.25) is 0 Å². The topological polar surface area (TPSA) is 12.9 Å². The van der Waals surface area contributed by atoms with Crippen LogP contribution in [-0.2, 0) is 5.21 Å². The Labute approximate surface area is 147 Å². The fourth-order valence-electron chi connectivity index (χ4n) is 2.66. The van der Waals surface area contributed by atoms with Crippen molar-refractivity contribution < 1.29 is 0 Å². The van der Waals surface area contributed by atoms with Crippen molar-refractivity contribution >= 4 is 15.7 Å². The summed E-state index contributed by atoms with van der Waals surface area (Å²) < 4.78 is 0. The Kier molecular flexibility index (Phi) is 4.62. The van der Waals surface area contributed by atoms with Crippen LogP contribution < -0.4 is 0 Å². The van der Waals surface area contributed by atoms with Crippen molar-refractivity contribution in [2.24, 2.45) is 5.92 Å². The van der Waals surface area contributed by atoms with E-state index in [4.69, 9.17) is 15.7 Å². The van der Waals surface area contributed by atoms with Crippen molar-refractivity contribution in [3.63, 3.8) is 0 Å². The summed E-state index contributed by atoms with van der Waals surface area (Å²) >= 11 is 0. The van der Waals surface area contributed by atoms with Crippen LogP contribution in [0.5, 0.6) is 0 Å². The summed E-state index contributed by atoms with van der Waals surface area (Å²) in [5, 5.41) is -0.814. The molecule has 0 aliphatic carbocycles. The van der Waals surface area contributed by atoms with Gasteiger partial charge in [-0.1, -0.05) is 85.1 Å². The standard InChI is InChI=1S/C21H19B2N/c1-15(2)21(22,23)19-10-8-16(9-11-19)18-12-13-24-20(14-18)17-6-4-3-5-7-17/h3-15H,1-2H3. The second-order valence-corrected chi connectivity index (χ2v) is 6.46. The predicted molar refractivity (Wildman–Crippen MR) is 103 cm³/mol. The van der Waals surface area contributed by atoms with Gasteiger partial charge in [-0.2, -0.15) is 0 Å². The van der Waals surface area contributed by atoms with E-state index in [1.54, 1.807) is 0 Å². The van der Waals surface area contributed by atoms with Crippen LogP contribution in [-0.4, -0.2) is 20.7 Å². The van der Waals surface area contributed by atoms with Gasteiger partial charge >= 0.3 is 0 Å². The number of nitrogens with zero attached hydrogens (tertiary/aromatic N) is 1. The third kappa shape index (κ3) is 3.31. The van der Waals surface area contributed by atoms with Gasteiger partial charge in [0.05, 0.1) is 21.4 Å². The van der Waals surface area contributed by atoms with E-state index in [0.717, 1.165) is 27.9 Å². The van der Waals surface area contributed by atoms with Crippen molar-refractivity contribution in [1.29, 1.82) is 0 Å². The average molecular weight is 307 g/mol. The summed E-state index contributed by atoms with van der Waals surface area (Å²) in [5.41, 5.74) is 5.26. The van der Waals surface area contributed by atoms with Gasteiger partial charge in [-0.05, 0) is 23.3 Å². The van der Waals surface area contributed by atoms with E-state index < -0.39 is 5.21 Å². The molecule has 0 aliphatic heterocycles. The molecule has 0 unspecified atom stereocenters. The molecular formula is C21H19B2N. The first-order valence-corrected chi connectivity index (χ1v) is 8.18. The zero-order valence-corrected chi connectivity index (χ0v) is 14.1. The zero-order chi connectivity index (χ0) is 17.2. The Balaban J connectivity index is 1.93. The lowest BCUT2D eigenvalue weighted by Crippen LogP contribution is -2.33. The highest BCUT2D eigenvalue weighted by atomic mass is 14.7. The predicted octanol–water partition coefficient (Wildman–Crippen LogP) is 4.56. The van der Waals surface area contributed by atoms with E-state index in [2.05, 4.69) is 35.3 Å². The molecule has 0 spiro atoms.